The fraction of sp³-hybridized carbons (Fsp3) is 0.957. The molecule has 5 heterocycles. The quantitative estimate of drug-likeness (QED) is 0.0764. The molecule has 0 amide bonds. The molecule has 0 aromatic carbocycles. The molecule has 24 atom stereocenters. The summed E-state index contributed by atoms with van der Waals surface area (Å²) in [6, 6.07) is 0. The van der Waals surface area contributed by atoms with Gasteiger partial charge in [-0.15, -0.1) is 0 Å². The fourth-order valence-electron chi connectivity index (χ4n) is 15.7. The van der Waals surface area contributed by atoms with E-state index in [0.29, 0.717) is 25.6 Å². The van der Waals surface area contributed by atoms with E-state index in [-0.39, 0.29) is 46.5 Å². The van der Waals surface area contributed by atoms with E-state index in [0.717, 1.165) is 44.1 Å². The van der Waals surface area contributed by atoms with E-state index in [2.05, 4.69) is 51.8 Å². The van der Waals surface area contributed by atoms with E-state index >= 15 is 0 Å². The highest BCUT2D eigenvalue weighted by Gasteiger charge is 2.81. The summed E-state index contributed by atoms with van der Waals surface area (Å²) in [5, 5.41) is 87.7. The third-order valence-corrected chi connectivity index (χ3v) is 19.3. The van der Waals surface area contributed by atoms with Crippen LogP contribution >= 0.6 is 0 Å². The van der Waals surface area contributed by atoms with Gasteiger partial charge >= 0.3 is 10.4 Å². The van der Waals surface area contributed by atoms with Crippen LogP contribution < -0.4 is 0 Å². The molecule has 9 N–H and O–H groups in total. The molecule has 5 saturated heterocycles. The normalized spacial score (nSPS) is 54.7. The summed E-state index contributed by atoms with van der Waals surface area (Å²) in [7, 11) is -5.01. The molecule has 67 heavy (non-hydrogen) atoms. The van der Waals surface area contributed by atoms with Gasteiger partial charge in [-0.1, -0.05) is 39.3 Å². The standard InChI is InChI=1S/C46H74O20S/c1-21(2)14-22-16-59-46-19-45(20-60-46)23(37(46)44(22,7)54)8-9-28-42(5)12-11-29(41(3,4)27(42)10-13-43(28,45)6)64-40-36(66-38-33(52)30(49)25(15-47)62-38)35(24(48)17-58-40)65-39-34(53)32(51)31(50)26(63-39)18-61-67(55,56)57/h14,22-40,47-54H,8-13,15-20H2,1-7H3,(H,55,56,57)/t22-,23+,24+,25+,26-,27+,28-,29+,30+,31-,32+,33-,34-,35+,36-,37+,38+,39-,40-,42+,43-,44+,45-,46-/m1/s1. The third kappa shape index (κ3) is 8.04. The second-order valence-corrected chi connectivity index (χ2v) is 24.0. The van der Waals surface area contributed by atoms with E-state index in [9.17, 15) is 49.3 Å². The summed E-state index contributed by atoms with van der Waals surface area (Å²) in [6.45, 7) is 14.4. The lowest BCUT2D eigenvalue weighted by Gasteiger charge is -2.70. The van der Waals surface area contributed by atoms with Crippen LogP contribution in [0, 0.1) is 51.2 Å². The Hall–Kier alpha value is -1.03. The number of allylic oxidation sites excluding steroid dienone is 1. The van der Waals surface area contributed by atoms with Crippen LogP contribution in [0.1, 0.15) is 93.4 Å². The zero-order valence-corrected chi connectivity index (χ0v) is 40.3. The summed E-state index contributed by atoms with van der Waals surface area (Å²) in [5.74, 6) is -0.349. The highest BCUT2D eigenvalue weighted by molar-refractivity contribution is 7.80. The van der Waals surface area contributed by atoms with Crippen molar-refractivity contribution in [2.45, 2.75) is 191 Å². The highest BCUT2D eigenvalue weighted by atomic mass is 32.3. The number of fused-ring (bicyclic) bond motifs is 4. The fourth-order valence-corrected chi connectivity index (χ4v) is 16.0. The van der Waals surface area contributed by atoms with E-state index in [1.165, 1.54) is 0 Å². The van der Waals surface area contributed by atoms with Gasteiger partial charge in [0.1, 0.15) is 61.0 Å². The lowest BCUT2D eigenvalue weighted by Crippen LogP contribution is -2.68. The molecule has 4 aliphatic carbocycles. The van der Waals surface area contributed by atoms with Gasteiger partial charge in [-0.05, 0) is 93.3 Å². The minimum atomic E-state index is -5.01. The Balaban J connectivity index is 0.965. The monoisotopic (exact) mass is 978 g/mol. The Bertz CT molecular complexity index is 1970. The second kappa shape index (κ2) is 17.6. The molecule has 0 unspecified atom stereocenters. The van der Waals surface area contributed by atoms with Crippen molar-refractivity contribution in [1.29, 1.82) is 0 Å². The molecule has 9 aliphatic rings. The lowest BCUT2D eigenvalue weighted by atomic mass is 9.35. The zero-order valence-electron chi connectivity index (χ0n) is 39.5. The van der Waals surface area contributed by atoms with Gasteiger partial charge < -0.3 is 78.7 Å². The van der Waals surface area contributed by atoms with Gasteiger partial charge in [0.15, 0.2) is 24.7 Å². The van der Waals surface area contributed by atoms with Crippen molar-refractivity contribution in [1.82, 2.24) is 0 Å². The molecule has 0 radical (unpaired) electrons. The van der Waals surface area contributed by atoms with Gasteiger partial charge in [0.25, 0.3) is 0 Å². The number of aliphatic hydroxyl groups is 8. The molecule has 0 aromatic rings. The van der Waals surface area contributed by atoms with Crippen LogP contribution in [0.2, 0.25) is 0 Å². The molecule has 9 rings (SSSR count). The molecule has 5 aliphatic heterocycles. The third-order valence-electron chi connectivity index (χ3n) is 18.9. The van der Waals surface area contributed by atoms with Gasteiger partial charge in [0.2, 0.25) is 0 Å². The molecule has 2 bridgehead atoms. The number of hydrogen-bond acceptors (Lipinski definition) is 19. The number of aliphatic hydroxyl groups excluding tert-OH is 7. The first kappa shape index (κ1) is 50.9. The average molecular weight is 979 g/mol. The first-order chi connectivity index (χ1) is 31.2. The first-order valence-electron chi connectivity index (χ1n) is 24.1. The van der Waals surface area contributed by atoms with Crippen LogP contribution in [-0.4, -0.2) is 184 Å². The topological polar surface area (TPSA) is 299 Å². The Morgan fingerprint density at radius 2 is 1.40 bits per heavy atom. The van der Waals surface area contributed by atoms with Crippen molar-refractivity contribution in [3.63, 3.8) is 0 Å². The van der Waals surface area contributed by atoms with E-state index in [1.54, 1.807) is 0 Å². The number of hydrogen-bond donors (Lipinski definition) is 9. The van der Waals surface area contributed by atoms with Crippen LogP contribution in [0.25, 0.3) is 0 Å². The Kier molecular flexibility index (Phi) is 13.4. The van der Waals surface area contributed by atoms with Gasteiger partial charge in [0.05, 0.1) is 44.7 Å². The van der Waals surface area contributed by atoms with Crippen molar-refractivity contribution in [3.8, 4) is 0 Å². The summed E-state index contributed by atoms with van der Waals surface area (Å²) < 4.78 is 86.6. The van der Waals surface area contributed by atoms with Crippen molar-refractivity contribution in [2.75, 3.05) is 33.0 Å². The molecular formula is C46H74O20S. The smallest absolute Gasteiger partial charge is 0.394 e. The van der Waals surface area contributed by atoms with Crippen molar-refractivity contribution in [2.24, 2.45) is 51.2 Å². The lowest BCUT2D eigenvalue weighted by molar-refractivity contribution is -0.375. The van der Waals surface area contributed by atoms with Crippen molar-refractivity contribution >= 4 is 10.4 Å². The molecule has 21 heteroatoms. The summed E-state index contributed by atoms with van der Waals surface area (Å²) >= 11 is 0. The van der Waals surface area contributed by atoms with E-state index < -0.39 is 126 Å². The average Bonchev–Trinajstić information content (AvgIpc) is 3.88. The minimum absolute atomic E-state index is 0.102. The Morgan fingerprint density at radius 1 is 0.746 bits per heavy atom. The zero-order chi connectivity index (χ0) is 48.6. The highest BCUT2D eigenvalue weighted by Crippen LogP contribution is 2.80. The molecule has 2 spiro atoms. The Labute approximate surface area is 392 Å². The van der Waals surface area contributed by atoms with Crippen molar-refractivity contribution in [3.05, 3.63) is 11.6 Å². The molecule has 9 fully saturated rings. The predicted octanol–water partition coefficient (Wildman–Crippen LogP) is 0.290. The maximum absolute atomic E-state index is 12.4. The number of rotatable bonds is 11. The van der Waals surface area contributed by atoms with Gasteiger partial charge in [-0.2, -0.15) is 8.42 Å². The molecule has 4 saturated carbocycles. The number of ether oxygens (including phenoxy) is 8. The van der Waals surface area contributed by atoms with E-state index in [1.807, 2.05) is 6.92 Å². The maximum atomic E-state index is 12.4. The maximum Gasteiger partial charge on any atom is 0.397 e. The Morgan fingerprint density at radius 3 is 2.06 bits per heavy atom. The van der Waals surface area contributed by atoms with Gasteiger partial charge in [0, 0.05) is 23.7 Å². The summed E-state index contributed by atoms with van der Waals surface area (Å²) in [5.41, 5.74) is -0.718. The molecule has 0 aromatic heterocycles. The van der Waals surface area contributed by atoms with Crippen LogP contribution in [-0.2, 0) is 52.5 Å². The van der Waals surface area contributed by atoms with Crippen LogP contribution in [0.3, 0.4) is 0 Å². The summed E-state index contributed by atoms with van der Waals surface area (Å²) in [6.07, 6.45) is -13.6. The van der Waals surface area contributed by atoms with Crippen LogP contribution in [0.15, 0.2) is 11.6 Å². The second-order valence-electron chi connectivity index (χ2n) is 22.9. The van der Waals surface area contributed by atoms with Crippen LogP contribution in [0.5, 0.6) is 0 Å². The van der Waals surface area contributed by atoms with Gasteiger partial charge in [-0.3, -0.25) is 4.55 Å². The summed E-state index contributed by atoms with van der Waals surface area (Å²) in [4.78, 5) is 0. The predicted molar refractivity (Wildman–Crippen MR) is 229 cm³/mol. The SMILES string of the molecule is CC(C)=C[C@@H]1CO[C@]23C[C@@]4(CO2)[C@@H](CC[C@@H]2[C@@]5(C)CC[C@H](O[C@H]6OC[C@H](O)[C@H](O[C@H]7O[C@H](COS(=O)(=O)O)[C@@H](O)[C@H](O)[C@H]7O)[C@H]6O[C@@H]6O[C@@H](CO)[C@H](O)[C@H]6O)C(C)(C)[C@@H]5CC[C@]24C)[C@H]3[C@@]1(C)O. The molecule has 384 valence electrons. The molecular weight excluding hydrogens is 905 g/mol. The minimum Gasteiger partial charge on any atom is -0.394 e. The molecule has 20 nitrogen and oxygen atoms in total. The van der Waals surface area contributed by atoms with Crippen LogP contribution in [0.4, 0.5) is 0 Å². The first-order valence-corrected chi connectivity index (χ1v) is 25.5. The van der Waals surface area contributed by atoms with Gasteiger partial charge in [-0.25, -0.2) is 4.18 Å². The van der Waals surface area contributed by atoms with Crippen molar-refractivity contribution < 1.29 is 95.9 Å². The largest absolute Gasteiger partial charge is 0.397 e. The van der Waals surface area contributed by atoms with E-state index in [4.69, 9.17) is 42.4 Å².